The van der Waals surface area contributed by atoms with Crippen molar-refractivity contribution in [1.82, 2.24) is 19.6 Å². The lowest BCUT2D eigenvalue weighted by Crippen LogP contribution is -2.47. The third-order valence-corrected chi connectivity index (χ3v) is 5.51. The number of aryl methyl sites for hydroxylation is 1. The van der Waals surface area contributed by atoms with Crippen molar-refractivity contribution in [2.45, 2.75) is 70.5 Å². The second kappa shape index (κ2) is 5.35. The molecular formula is C17H24N4O2. The second-order valence-electron chi connectivity index (χ2n) is 7.33. The van der Waals surface area contributed by atoms with E-state index in [1.165, 1.54) is 16.9 Å². The van der Waals surface area contributed by atoms with Gasteiger partial charge in [0.05, 0.1) is 5.69 Å². The standard InChI is InChI=1S/C17H24N4O2/c1-11(2)20-9-12-6-7-14(8-15(12)18-20)21-16(22)10-19(17(21)23)13-4-3-5-13/h9,11,13-14H,3-8,10H2,1-2H3. The number of hydrogen-bond acceptors (Lipinski definition) is 3. The maximum Gasteiger partial charge on any atom is 0.327 e. The van der Waals surface area contributed by atoms with E-state index in [2.05, 4.69) is 25.1 Å². The van der Waals surface area contributed by atoms with Gasteiger partial charge in [-0.15, -0.1) is 0 Å². The summed E-state index contributed by atoms with van der Waals surface area (Å²) in [5.74, 6) is -0.0290. The smallest absolute Gasteiger partial charge is 0.312 e. The number of carbonyl (C=O) groups excluding carboxylic acids is 2. The van der Waals surface area contributed by atoms with Gasteiger partial charge < -0.3 is 4.90 Å². The molecule has 1 atom stereocenters. The van der Waals surface area contributed by atoms with Crippen molar-refractivity contribution in [2.24, 2.45) is 0 Å². The van der Waals surface area contributed by atoms with Crippen LogP contribution in [0.25, 0.3) is 0 Å². The molecule has 1 aromatic heterocycles. The predicted molar refractivity (Wildman–Crippen MR) is 85.0 cm³/mol. The van der Waals surface area contributed by atoms with Crippen molar-refractivity contribution < 1.29 is 9.59 Å². The lowest BCUT2D eigenvalue weighted by Gasteiger charge is -2.35. The number of urea groups is 1. The summed E-state index contributed by atoms with van der Waals surface area (Å²) < 4.78 is 1.99. The fraction of sp³-hybridized carbons (Fsp3) is 0.706. The molecule has 0 radical (unpaired) electrons. The molecule has 124 valence electrons. The molecule has 1 saturated heterocycles. The van der Waals surface area contributed by atoms with Gasteiger partial charge in [0.25, 0.3) is 5.91 Å². The molecule has 2 aliphatic carbocycles. The number of hydrogen-bond donors (Lipinski definition) is 0. The van der Waals surface area contributed by atoms with Gasteiger partial charge in [0, 0.05) is 30.7 Å². The van der Waals surface area contributed by atoms with Crippen LogP contribution in [0.1, 0.15) is 56.8 Å². The molecule has 6 heteroatoms. The zero-order chi connectivity index (χ0) is 16.1. The van der Waals surface area contributed by atoms with Crippen LogP contribution in [0.15, 0.2) is 6.20 Å². The average molecular weight is 316 g/mol. The maximum atomic E-state index is 12.7. The summed E-state index contributed by atoms with van der Waals surface area (Å²) >= 11 is 0. The molecule has 1 aliphatic heterocycles. The summed E-state index contributed by atoms with van der Waals surface area (Å²) in [4.78, 5) is 28.4. The van der Waals surface area contributed by atoms with Gasteiger partial charge in [0.2, 0.25) is 0 Å². The van der Waals surface area contributed by atoms with Crippen LogP contribution in [-0.4, -0.2) is 50.1 Å². The van der Waals surface area contributed by atoms with E-state index in [1.807, 2.05) is 4.68 Å². The van der Waals surface area contributed by atoms with Crippen LogP contribution in [-0.2, 0) is 17.6 Å². The molecule has 3 amide bonds. The average Bonchev–Trinajstić information content (AvgIpc) is 2.99. The van der Waals surface area contributed by atoms with E-state index in [4.69, 9.17) is 0 Å². The van der Waals surface area contributed by atoms with Gasteiger partial charge in [-0.2, -0.15) is 5.10 Å². The van der Waals surface area contributed by atoms with Gasteiger partial charge in [-0.05, 0) is 51.5 Å². The fourth-order valence-electron chi connectivity index (χ4n) is 3.86. The van der Waals surface area contributed by atoms with Crippen molar-refractivity contribution in [3.8, 4) is 0 Å². The summed E-state index contributed by atoms with van der Waals surface area (Å²) in [5, 5.41) is 4.66. The molecule has 2 heterocycles. The number of amides is 3. The molecule has 0 spiro atoms. The van der Waals surface area contributed by atoms with Crippen LogP contribution >= 0.6 is 0 Å². The summed E-state index contributed by atoms with van der Waals surface area (Å²) in [7, 11) is 0. The molecule has 1 saturated carbocycles. The quantitative estimate of drug-likeness (QED) is 0.803. The van der Waals surface area contributed by atoms with E-state index in [0.717, 1.165) is 31.4 Å². The lowest BCUT2D eigenvalue weighted by atomic mass is 9.92. The Morgan fingerprint density at radius 3 is 2.61 bits per heavy atom. The van der Waals surface area contributed by atoms with Crippen LogP contribution in [0.2, 0.25) is 0 Å². The Labute approximate surface area is 136 Å². The van der Waals surface area contributed by atoms with E-state index in [-0.39, 0.29) is 30.6 Å². The van der Waals surface area contributed by atoms with Crippen molar-refractivity contribution in [3.05, 3.63) is 17.5 Å². The Morgan fingerprint density at radius 2 is 1.96 bits per heavy atom. The molecule has 0 aromatic carbocycles. The zero-order valence-corrected chi connectivity index (χ0v) is 13.9. The molecule has 1 unspecified atom stereocenters. The Kier molecular flexibility index (Phi) is 3.43. The van der Waals surface area contributed by atoms with Gasteiger partial charge in [-0.3, -0.25) is 14.4 Å². The van der Waals surface area contributed by atoms with E-state index in [1.54, 1.807) is 4.90 Å². The van der Waals surface area contributed by atoms with Gasteiger partial charge in [-0.1, -0.05) is 0 Å². The first-order chi connectivity index (χ1) is 11.0. The Morgan fingerprint density at radius 1 is 1.17 bits per heavy atom. The molecule has 3 aliphatic rings. The number of imide groups is 1. The van der Waals surface area contributed by atoms with Crippen LogP contribution < -0.4 is 0 Å². The number of aromatic nitrogens is 2. The van der Waals surface area contributed by atoms with Crippen molar-refractivity contribution in [2.75, 3.05) is 6.54 Å². The molecule has 2 fully saturated rings. The zero-order valence-electron chi connectivity index (χ0n) is 13.9. The van der Waals surface area contributed by atoms with Gasteiger partial charge in [0.15, 0.2) is 0 Å². The topological polar surface area (TPSA) is 58.4 Å². The minimum atomic E-state index is -0.0727. The van der Waals surface area contributed by atoms with Crippen LogP contribution in [0.3, 0.4) is 0 Å². The Bertz CT molecular complexity index is 647. The van der Waals surface area contributed by atoms with Crippen LogP contribution in [0, 0.1) is 0 Å². The molecule has 0 N–H and O–H groups in total. The first-order valence-corrected chi connectivity index (χ1v) is 8.74. The van der Waals surface area contributed by atoms with Gasteiger partial charge in [0.1, 0.15) is 6.54 Å². The summed E-state index contributed by atoms with van der Waals surface area (Å²) in [6.07, 6.45) is 7.82. The second-order valence-corrected chi connectivity index (χ2v) is 7.33. The molecular weight excluding hydrogens is 292 g/mol. The van der Waals surface area contributed by atoms with Crippen LogP contribution in [0.4, 0.5) is 4.79 Å². The van der Waals surface area contributed by atoms with Crippen LogP contribution in [0.5, 0.6) is 0 Å². The first-order valence-electron chi connectivity index (χ1n) is 8.74. The van der Waals surface area contributed by atoms with E-state index < -0.39 is 0 Å². The molecule has 4 rings (SSSR count). The maximum absolute atomic E-state index is 12.7. The monoisotopic (exact) mass is 316 g/mol. The van der Waals surface area contributed by atoms with Crippen molar-refractivity contribution in [3.63, 3.8) is 0 Å². The summed E-state index contributed by atoms with van der Waals surface area (Å²) in [6.45, 7) is 4.49. The highest BCUT2D eigenvalue weighted by Crippen LogP contribution is 2.32. The highest BCUT2D eigenvalue weighted by Gasteiger charge is 2.45. The van der Waals surface area contributed by atoms with Crippen molar-refractivity contribution in [1.29, 1.82) is 0 Å². The predicted octanol–water partition coefficient (Wildman–Crippen LogP) is 2.14. The third-order valence-electron chi connectivity index (χ3n) is 5.51. The van der Waals surface area contributed by atoms with E-state index in [9.17, 15) is 9.59 Å². The number of carbonyl (C=O) groups is 2. The molecule has 1 aromatic rings. The first kappa shape index (κ1) is 14.7. The van der Waals surface area contributed by atoms with E-state index in [0.29, 0.717) is 12.5 Å². The lowest BCUT2D eigenvalue weighted by molar-refractivity contribution is -0.127. The third kappa shape index (κ3) is 2.35. The SMILES string of the molecule is CC(C)n1cc2c(n1)CC(N1C(=O)CN(C3CCC3)C1=O)CC2. The van der Waals surface area contributed by atoms with Crippen molar-refractivity contribution >= 4 is 11.9 Å². The largest absolute Gasteiger partial charge is 0.327 e. The highest BCUT2D eigenvalue weighted by atomic mass is 16.2. The number of fused-ring (bicyclic) bond motifs is 1. The molecule has 0 bridgehead atoms. The minimum absolute atomic E-state index is 0.0249. The summed E-state index contributed by atoms with van der Waals surface area (Å²) in [5.41, 5.74) is 2.32. The molecule has 6 nitrogen and oxygen atoms in total. The Balaban J connectivity index is 1.52. The fourth-order valence-corrected chi connectivity index (χ4v) is 3.86. The molecule has 23 heavy (non-hydrogen) atoms. The van der Waals surface area contributed by atoms with E-state index >= 15 is 0 Å². The van der Waals surface area contributed by atoms with Gasteiger partial charge in [-0.25, -0.2) is 4.79 Å². The normalized spacial score (nSPS) is 25.3. The van der Waals surface area contributed by atoms with Gasteiger partial charge >= 0.3 is 6.03 Å². The minimum Gasteiger partial charge on any atom is -0.312 e. The summed E-state index contributed by atoms with van der Waals surface area (Å²) in [6, 6.07) is 0.526. The number of rotatable bonds is 3. The highest BCUT2D eigenvalue weighted by molar-refractivity contribution is 6.02. The number of nitrogens with zero attached hydrogens (tertiary/aromatic N) is 4. The Hall–Kier alpha value is -1.85.